The molecule has 1 aromatic heterocycles. The molecule has 1 fully saturated rings. The number of hydrogen-bond donors (Lipinski definition) is 3. The average molecular weight is 530 g/mol. The fourth-order valence-electron chi connectivity index (χ4n) is 5.29. The lowest BCUT2D eigenvalue weighted by molar-refractivity contribution is -0.140. The zero-order chi connectivity index (χ0) is 25.9. The van der Waals surface area contributed by atoms with Gasteiger partial charge in [0.25, 0.3) is 5.91 Å². The maximum Gasteiger partial charge on any atom is 0.326 e. The van der Waals surface area contributed by atoms with Crippen molar-refractivity contribution in [3.05, 3.63) is 69.6 Å². The highest BCUT2D eigenvalue weighted by Crippen LogP contribution is 2.47. The quantitative estimate of drug-likeness (QED) is 0.387. The molecule has 1 aromatic carbocycles. The highest BCUT2D eigenvalue weighted by atomic mass is 35.5. The predicted octanol–water partition coefficient (Wildman–Crippen LogP) is 5.98. The van der Waals surface area contributed by atoms with Crippen molar-refractivity contribution in [2.75, 3.05) is 5.32 Å². The first-order valence-electron chi connectivity index (χ1n) is 12.2. The first-order valence-corrected chi connectivity index (χ1v) is 13.0. The number of nitrogens with one attached hydrogen (secondary N) is 2. The normalized spacial score (nSPS) is 18.4. The highest BCUT2D eigenvalue weighted by Gasteiger charge is 2.49. The third-order valence-electron chi connectivity index (χ3n) is 7.32. The molecule has 2 aliphatic carbocycles. The molecule has 2 aliphatic rings. The van der Waals surface area contributed by atoms with Crippen molar-refractivity contribution in [3.63, 3.8) is 0 Å². The number of benzene rings is 1. The molecule has 1 amide bonds. The molecule has 9 heteroatoms. The van der Waals surface area contributed by atoms with E-state index in [0.717, 1.165) is 49.8 Å². The zero-order valence-electron chi connectivity index (χ0n) is 20.0. The molecular weight excluding hydrogens is 501 g/mol. The SMILES string of the molecule is CCC(c1ccc(NC(=O)c2c(Cl)cncc2Cl)cc1)[C@H](NC1=CC(=O)C12CCCCCC2)C(=O)O. The van der Waals surface area contributed by atoms with E-state index in [2.05, 4.69) is 15.6 Å². The summed E-state index contributed by atoms with van der Waals surface area (Å²) in [5.41, 5.74) is 1.68. The number of rotatable bonds is 8. The minimum Gasteiger partial charge on any atom is -0.480 e. The molecule has 1 saturated carbocycles. The lowest BCUT2D eigenvalue weighted by Crippen LogP contribution is -2.51. The molecule has 2 atom stereocenters. The van der Waals surface area contributed by atoms with Gasteiger partial charge in [0.2, 0.25) is 0 Å². The van der Waals surface area contributed by atoms with Gasteiger partial charge in [-0.15, -0.1) is 0 Å². The van der Waals surface area contributed by atoms with Crippen molar-refractivity contribution in [2.45, 2.75) is 63.8 Å². The molecule has 1 unspecified atom stereocenters. The van der Waals surface area contributed by atoms with Gasteiger partial charge in [-0.1, -0.05) is 67.9 Å². The molecule has 1 heterocycles. The van der Waals surface area contributed by atoms with Crippen LogP contribution in [0.25, 0.3) is 0 Å². The number of aromatic nitrogens is 1. The predicted molar refractivity (Wildman–Crippen MR) is 139 cm³/mol. The van der Waals surface area contributed by atoms with Gasteiger partial charge in [-0.05, 0) is 37.0 Å². The van der Waals surface area contributed by atoms with Gasteiger partial charge in [-0.3, -0.25) is 14.6 Å². The number of hydrogen-bond acceptors (Lipinski definition) is 5. The number of allylic oxidation sites excluding steroid dienone is 2. The molecule has 0 aliphatic heterocycles. The molecule has 0 radical (unpaired) electrons. The molecule has 4 rings (SSSR count). The van der Waals surface area contributed by atoms with Crippen LogP contribution in [0, 0.1) is 5.41 Å². The van der Waals surface area contributed by atoms with Gasteiger partial charge in [-0.2, -0.15) is 0 Å². The minimum atomic E-state index is -0.967. The lowest BCUT2D eigenvalue weighted by atomic mass is 9.66. The number of carboxylic acids is 1. The Hall–Kier alpha value is -2.90. The van der Waals surface area contributed by atoms with Gasteiger partial charge >= 0.3 is 5.97 Å². The van der Waals surface area contributed by atoms with E-state index in [0.29, 0.717) is 12.1 Å². The number of amides is 1. The number of ketones is 1. The molecule has 7 nitrogen and oxygen atoms in total. The number of anilines is 1. The third-order valence-corrected chi connectivity index (χ3v) is 7.89. The van der Waals surface area contributed by atoms with E-state index >= 15 is 0 Å². The molecule has 36 heavy (non-hydrogen) atoms. The summed E-state index contributed by atoms with van der Waals surface area (Å²) in [5, 5.41) is 16.4. The average Bonchev–Trinajstić information content (AvgIpc) is 3.12. The van der Waals surface area contributed by atoms with Gasteiger partial charge in [0, 0.05) is 35.8 Å². The molecule has 0 bridgehead atoms. The Morgan fingerprint density at radius 2 is 1.67 bits per heavy atom. The van der Waals surface area contributed by atoms with Crippen molar-refractivity contribution in [2.24, 2.45) is 5.41 Å². The second kappa shape index (κ2) is 11.0. The highest BCUT2D eigenvalue weighted by molar-refractivity contribution is 6.40. The van der Waals surface area contributed by atoms with Crippen LogP contribution in [0.15, 0.2) is 48.4 Å². The van der Waals surface area contributed by atoms with Crippen LogP contribution in [0.2, 0.25) is 10.0 Å². The van der Waals surface area contributed by atoms with E-state index in [1.807, 2.05) is 6.92 Å². The lowest BCUT2D eigenvalue weighted by Gasteiger charge is -2.42. The Balaban J connectivity index is 1.50. The number of pyridine rings is 1. The summed E-state index contributed by atoms with van der Waals surface area (Å²) >= 11 is 12.1. The van der Waals surface area contributed by atoms with E-state index in [1.54, 1.807) is 30.3 Å². The number of carbonyl (C=O) groups is 3. The number of carbonyl (C=O) groups excluding carboxylic acids is 2. The van der Waals surface area contributed by atoms with Crippen molar-refractivity contribution in [1.29, 1.82) is 0 Å². The molecule has 190 valence electrons. The first-order chi connectivity index (χ1) is 17.3. The fourth-order valence-corrected chi connectivity index (χ4v) is 5.83. The molecule has 3 N–H and O–H groups in total. The van der Waals surface area contributed by atoms with Gasteiger partial charge in [0.15, 0.2) is 5.78 Å². The molecular formula is C27H29Cl2N3O4. The maximum absolute atomic E-state index is 12.7. The third kappa shape index (κ3) is 5.13. The van der Waals surface area contributed by atoms with Crippen LogP contribution in [0.4, 0.5) is 5.69 Å². The second-order valence-electron chi connectivity index (χ2n) is 9.45. The van der Waals surface area contributed by atoms with Crippen molar-refractivity contribution < 1.29 is 19.5 Å². The first kappa shape index (κ1) is 26.2. The maximum atomic E-state index is 12.7. The largest absolute Gasteiger partial charge is 0.480 e. The van der Waals surface area contributed by atoms with Gasteiger partial charge < -0.3 is 15.7 Å². The number of carboxylic acid groups (broad SMARTS) is 1. The van der Waals surface area contributed by atoms with Crippen LogP contribution in [0.5, 0.6) is 0 Å². The summed E-state index contributed by atoms with van der Waals surface area (Å²) in [4.78, 5) is 41.4. The van der Waals surface area contributed by atoms with Gasteiger partial charge in [-0.25, -0.2) is 4.79 Å². The Labute approximate surface area is 220 Å². The van der Waals surface area contributed by atoms with E-state index in [9.17, 15) is 19.5 Å². The Kier molecular flexibility index (Phi) is 8.00. The Morgan fingerprint density at radius 1 is 1.06 bits per heavy atom. The summed E-state index contributed by atoms with van der Waals surface area (Å²) < 4.78 is 0. The smallest absolute Gasteiger partial charge is 0.326 e. The van der Waals surface area contributed by atoms with Crippen molar-refractivity contribution in [3.8, 4) is 0 Å². The number of halogens is 2. The Morgan fingerprint density at radius 3 is 2.19 bits per heavy atom. The van der Waals surface area contributed by atoms with Crippen LogP contribution in [-0.4, -0.2) is 33.8 Å². The summed E-state index contributed by atoms with van der Waals surface area (Å²) in [6, 6.07) is 6.16. The zero-order valence-corrected chi connectivity index (χ0v) is 21.5. The monoisotopic (exact) mass is 529 g/mol. The van der Waals surface area contributed by atoms with Crippen LogP contribution in [0.3, 0.4) is 0 Å². The number of nitrogens with zero attached hydrogens (tertiary/aromatic N) is 1. The van der Waals surface area contributed by atoms with Gasteiger partial charge in [0.1, 0.15) is 6.04 Å². The Bertz CT molecular complexity index is 1170. The summed E-state index contributed by atoms with van der Waals surface area (Å²) in [6.45, 7) is 1.94. The van der Waals surface area contributed by atoms with Crippen LogP contribution >= 0.6 is 23.2 Å². The van der Waals surface area contributed by atoms with E-state index in [-0.39, 0.29) is 27.3 Å². The number of aliphatic carboxylic acids is 1. The van der Waals surface area contributed by atoms with Crippen LogP contribution < -0.4 is 10.6 Å². The van der Waals surface area contributed by atoms with Crippen LogP contribution in [0.1, 0.15) is 73.7 Å². The van der Waals surface area contributed by atoms with Crippen LogP contribution in [-0.2, 0) is 9.59 Å². The summed E-state index contributed by atoms with van der Waals surface area (Å²) in [5.74, 6) is -1.66. The molecule has 0 saturated heterocycles. The van der Waals surface area contributed by atoms with Crippen molar-refractivity contribution >= 4 is 46.5 Å². The second-order valence-corrected chi connectivity index (χ2v) is 10.3. The van der Waals surface area contributed by atoms with Gasteiger partial charge in [0.05, 0.1) is 21.0 Å². The minimum absolute atomic E-state index is 0.110. The standard InChI is InChI=1S/C27H29Cl2N3O4/c1-2-18(24(26(35)36)32-21-13-22(33)27(21)11-5-3-4-6-12-27)16-7-9-17(10-8-16)31-25(34)23-19(28)14-30-15-20(23)29/h7-10,13-15,18,24,32H,2-6,11-12H2,1H3,(H,31,34)(H,35,36)/t18?,24-/m0/s1. The summed E-state index contributed by atoms with van der Waals surface area (Å²) in [6.07, 6.45) is 10.5. The van der Waals surface area contributed by atoms with Crippen molar-refractivity contribution in [1.82, 2.24) is 10.3 Å². The summed E-state index contributed by atoms with van der Waals surface area (Å²) in [7, 11) is 0. The fraction of sp³-hybridized carbons (Fsp3) is 0.407. The topological polar surface area (TPSA) is 108 Å². The van der Waals surface area contributed by atoms with E-state index in [4.69, 9.17) is 23.2 Å². The molecule has 1 spiro atoms. The van der Waals surface area contributed by atoms with E-state index in [1.165, 1.54) is 12.4 Å². The molecule has 2 aromatic rings. The van der Waals surface area contributed by atoms with E-state index < -0.39 is 23.3 Å².